The van der Waals surface area contributed by atoms with Gasteiger partial charge in [0, 0.05) is 6.20 Å². The van der Waals surface area contributed by atoms with Crippen LogP contribution in [-0.4, -0.2) is 9.55 Å². The van der Waals surface area contributed by atoms with E-state index in [0.717, 1.165) is 0 Å². The van der Waals surface area contributed by atoms with Gasteiger partial charge in [-0.05, 0) is 0 Å². The van der Waals surface area contributed by atoms with E-state index in [-0.39, 0.29) is 4.57 Å². The number of benzene rings is 1. The molecule has 0 aliphatic carbocycles. The molecule has 10 heteroatoms. The van der Waals surface area contributed by atoms with Crippen LogP contribution in [0.15, 0.2) is 15.8 Å². The Balaban J connectivity index is 2.96. The summed E-state index contributed by atoms with van der Waals surface area (Å²) in [7, 11) is 0. The number of nitrogens with zero attached hydrogens (tertiary/aromatic N) is 2. The maximum atomic E-state index is 13.5. The van der Waals surface area contributed by atoms with Gasteiger partial charge in [0.25, 0.3) is 5.56 Å². The lowest BCUT2D eigenvalue weighted by molar-refractivity contribution is 0.374. The lowest BCUT2D eigenvalue weighted by Crippen LogP contribution is -2.31. The first-order chi connectivity index (χ1) is 9.79. The van der Waals surface area contributed by atoms with E-state index in [9.17, 15) is 31.5 Å². The zero-order valence-electron chi connectivity index (χ0n) is 9.68. The molecule has 0 bridgehead atoms. The topological polar surface area (TPSA) is 78.7 Å². The molecule has 0 spiro atoms. The minimum absolute atomic E-state index is 0.0454. The van der Waals surface area contributed by atoms with Gasteiger partial charge in [-0.3, -0.25) is 14.3 Å². The Morgan fingerprint density at radius 1 is 0.952 bits per heavy atom. The van der Waals surface area contributed by atoms with E-state index in [0.29, 0.717) is 6.20 Å². The first-order valence-corrected chi connectivity index (χ1v) is 5.07. The minimum atomic E-state index is -2.40. The van der Waals surface area contributed by atoms with Gasteiger partial charge in [0.1, 0.15) is 17.3 Å². The monoisotopic (exact) mass is 303 g/mol. The zero-order chi connectivity index (χ0) is 15.9. The van der Waals surface area contributed by atoms with Crippen LogP contribution in [0, 0.1) is 40.4 Å². The Labute approximate surface area is 111 Å². The summed E-state index contributed by atoms with van der Waals surface area (Å²) in [5.74, 6) is -11.5. The van der Waals surface area contributed by atoms with Gasteiger partial charge in [-0.25, -0.2) is 26.7 Å². The number of aromatic nitrogens is 2. The Kier molecular flexibility index (Phi) is 3.34. The quantitative estimate of drug-likeness (QED) is 0.486. The van der Waals surface area contributed by atoms with E-state index >= 15 is 0 Å². The summed E-state index contributed by atoms with van der Waals surface area (Å²) < 4.78 is 66.1. The first kappa shape index (κ1) is 14.4. The van der Waals surface area contributed by atoms with E-state index in [4.69, 9.17) is 5.26 Å². The van der Waals surface area contributed by atoms with Gasteiger partial charge in [-0.1, -0.05) is 0 Å². The van der Waals surface area contributed by atoms with E-state index in [1.165, 1.54) is 11.1 Å². The summed E-state index contributed by atoms with van der Waals surface area (Å²) in [5.41, 5.74) is -4.98. The number of halogens is 5. The van der Waals surface area contributed by atoms with Crippen molar-refractivity contribution < 1.29 is 22.0 Å². The number of H-pyrrole nitrogens is 1. The molecule has 0 amide bonds. The van der Waals surface area contributed by atoms with Crippen molar-refractivity contribution >= 4 is 0 Å². The number of hydrogen-bond donors (Lipinski definition) is 1. The third-order valence-electron chi connectivity index (χ3n) is 2.49. The highest BCUT2D eigenvalue weighted by Crippen LogP contribution is 2.24. The Morgan fingerprint density at radius 3 is 1.90 bits per heavy atom. The molecule has 0 aliphatic heterocycles. The van der Waals surface area contributed by atoms with Gasteiger partial charge < -0.3 is 0 Å². The van der Waals surface area contributed by atoms with Crippen LogP contribution in [0.25, 0.3) is 5.69 Å². The number of hydrogen-bond acceptors (Lipinski definition) is 3. The van der Waals surface area contributed by atoms with Crippen LogP contribution >= 0.6 is 0 Å². The molecule has 21 heavy (non-hydrogen) atoms. The molecule has 0 radical (unpaired) electrons. The van der Waals surface area contributed by atoms with Crippen molar-refractivity contribution in [2.45, 2.75) is 0 Å². The van der Waals surface area contributed by atoms with Crippen molar-refractivity contribution in [2.24, 2.45) is 0 Å². The summed E-state index contributed by atoms with van der Waals surface area (Å²) >= 11 is 0. The number of nitriles is 1. The van der Waals surface area contributed by atoms with Gasteiger partial charge in [0.05, 0.1) is 0 Å². The fourth-order valence-electron chi connectivity index (χ4n) is 1.52. The number of rotatable bonds is 1. The van der Waals surface area contributed by atoms with E-state index in [2.05, 4.69) is 0 Å². The molecular formula is C11H2F5N3O2. The molecule has 0 unspecified atom stereocenters. The van der Waals surface area contributed by atoms with E-state index < -0.39 is 51.6 Å². The highest BCUT2D eigenvalue weighted by atomic mass is 19.2. The second-order valence-corrected chi connectivity index (χ2v) is 3.70. The van der Waals surface area contributed by atoms with Gasteiger partial charge in [-0.15, -0.1) is 0 Å². The SMILES string of the molecule is N#Cc1cn(-c2c(F)c(F)c(F)c(F)c2F)c(=O)[nH]c1=O. The molecule has 0 saturated heterocycles. The largest absolute Gasteiger partial charge is 0.333 e. The highest BCUT2D eigenvalue weighted by Gasteiger charge is 2.27. The second kappa shape index (κ2) is 4.86. The summed E-state index contributed by atoms with van der Waals surface area (Å²) in [6.07, 6.45) is 0.374. The molecule has 108 valence electrons. The number of nitrogens with one attached hydrogen (secondary N) is 1. The van der Waals surface area contributed by atoms with Crippen molar-refractivity contribution in [3.8, 4) is 11.8 Å². The van der Waals surface area contributed by atoms with Gasteiger partial charge in [0.15, 0.2) is 23.3 Å². The van der Waals surface area contributed by atoms with Crippen LogP contribution in [0.4, 0.5) is 22.0 Å². The van der Waals surface area contributed by atoms with Crippen LogP contribution in [0.3, 0.4) is 0 Å². The van der Waals surface area contributed by atoms with Crippen LogP contribution in [0.2, 0.25) is 0 Å². The van der Waals surface area contributed by atoms with E-state index in [1.54, 1.807) is 0 Å². The summed E-state index contributed by atoms with van der Waals surface area (Å²) in [5, 5.41) is 8.59. The lowest BCUT2D eigenvalue weighted by Gasteiger charge is -2.10. The van der Waals surface area contributed by atoms with Crippen molar-refractivity contribution in [3.05, 3.63) is 61.7 Å². The molecule has 0 atom stereocenters. The maximum Gasteiger partial charge on any atom is 0.333 e. The summed E-state index contributed by atoms with van der Waals surface area (Å²) in [4.78, 5) is 24.1. The molecule has 1 aromatic heterocycles. The summed E-state index contributed by atoms with van der Waals surface area (Å²) in [6.45, 7) is 0. The van der Waals surface area contributed by atoms with Crippen molar-refractivity contribution in [1.29, 1.82) is 5.26 Å². The van der Waals surface area contributed by atoms with Crippen molar-refractivity contribution in [3.63, 3.8) is 0 Å². The zero-order valence-corrected chi connectivity index (χ0v) is 9.68. The predicted octanol–water partition coefficient (Wildman–Crippen LogP) is 1.09. The van der Waals surface area contributed by atoms with Crippen molar-refractivity contribution in [1.82, 2.24) is 9.55 Å². The van der Waals surface area contributed by atoms with Gasteiger partial charge >= 0.3 is 5.69 Å². The smallest absolute Gasteiger partial charge is 0.273 e. The van der Waals surface area contributed by atoms with Crippen LogP contribution in [0.5, 0.6) is 0 Å². The normalized spacial score (nSPS) is 10.5. The lowest BCUT2D eigenvalue weighted by atomic mass is 10.2. The Hall–Kier alpha value is -2.96. The molecule has 0 fully saturated rings. The van der Waals surface area contributed by atoms with Crippen LogP contribution in [-0.2, 0) is 0 Å². The Bertz CT molecular complexity index is 881. The first-order valence-electron chi connectivity index (χ1n) is 5.07. The molecule has 0 saturated carbocycles. The molecule has 0 aliphatic rings. The number of aromatic amines is 1. The molecule has 5 nitrogen and oxygen atoms in total. The van der Waals surface area contributed by atoms with Crippen LogP contribution in [0.1, 0.15) is 5.56 Å². The predicted molar refractivity (Wildman–Crippen MR) is 57.2 cm³/mol. The van der Waals surface area contributed by atoms with Gasteiger partial charge in [0.2, 0.25) is 5.82 Å². The van der Waals surface area contributed by atoms with Crippen LogP contribution < -0.4 is 11.2 Å². The minimum Gasteiger partial charge on any atom is -0.273 e. The van der Waals surface area contributed by atoms with Gasteiger partial charge in [-0.2, -0.15) is 5.26 Å². The molecular weight excluding hydrogens is 301 g/mol. The molecule has 2 rings (SSSR count). The maximum absolute atomic E-state index is 13.5. The molecule has 2 aromatic rings. The highest BCUT2D eigenvalue weighted by molar-refractivity contribution is 5.39. The fourth-order valence-corrected chi connectivity index (χ4v) is 1.52. The Morgan fingerprint density at radius 2 is 1.43 bits per heavy atom. The molecule has 1 N–H and O–H groups in total. The molecule has 1 aromatic carbocycles. The third kappa shape index (κ3) is 2.08. The average molecular weight is 303 g/mol. The molecule has 1 heterocycles. The fraction of sp³-hybridized carbons (Fsp3) is 0. The van der Waals surface area contributed by atoms with Crippen molar-refractivity contribution in [2.75, 3.05) is 0 Å². The summed E-state index contributed by atoms with van der Waals surface area (Å²) in [6, 6.07) is 1.30. The average Bonchev–Trinajstić information content (AvgIpc) is 2.45. The third-order valence-corrected chi connectivity index (χ3v) is 2.49. The van der Waals surface area contributed by atoms with E-state index in [1.807, 2.05) is 0 Å². The standard InChI is InChI=1S/C11H2F5N3O2/c12-4-5(13)7(15)9(8(16)6(4)14)19-2-3(1-17)10(20)18-11(19)21/h2H,(H,18,20,21). The second-order valence-electron chi connectivity index (χ2n) is 3.70.